The molecule has 4 nitrogen and oxygen atoms in total. The molecule has 24 heavy (non-hydrogen) atoms. The molecule has 1 aromatic carbocycles. The van der Waals surface area contributed by atoms with Crippen LogP contribution in [0.3, 0.4) is 0 Å². The molecule has 0 aliphatic rings. The predicted octanol–water partition coefficient (Wildman–Crippen LogP) is 4.14. The Labute approximate surface area is 143 Å². The van der Waals surface area contributed by atoms with Crippen molar-refractivity contribution in [2.24, 2.45) is 5.92 Å². The number of thiophene rings is 1. The van der Waals surface area contributed by atoms with Crippen LogP contribution in [-0.4, -0.2) is 16.6 Å². The van der Waals surface area contributed by atoms with E-state index in [9.17, 15) is 14.9 Å². The van der Waals surface area contributed by atoms with Gasteiger partial charge in [0.1, 0.15) is 0 Å². The summed E-state index contributed by atoms with van der Waals surface area (Å²) < 4.78 is 0. The Balaban J connectivity index is 1.60. The van der Waals surface area contributed by atoms with Gasteiger partial charge in [-0.3, -0.25) is 9.59 Å². The monoisotopic (exact) mass is 336 g/mol. The largest absolute Gasteiger partial charge is 0.361 e. The molecule has 0 fully saturated rings. The van der Waals surface area contributed by atoms with Crippen molar-refractivity contribution in [2.45, 2.75) is 19.3 Å². The number of nitriles is 1. The first-order valence-electron chi connectivity index (χ1n) is 7.75. The standard InChI is InChI=1S/C19H16N2O2S/c20-11-15(19(23)18-9-4-10-24-18)17(22)8-3-5-13-12-21-16-7-2-1-6-14(13)16/h1-2,4,6-7,9-10,12,15,21H,3,5,8H2/t15-/m1/s1. The lowest BCUT2D eigenvalue weighted by Gasteiger charge is -2.06. The lowest BCUT2D eigenvalue weighted by Crippen LogP contribution is -2.22. The van der Waals surface area contributed by atoms with E-state index in [1.165, 1.54) is 11.3 Å². The molecule has 1 atom stereocenters. The molecule has 0 unspecified atom stereocenters. The van der Waals surface area contributed by atoms with Gasteiger partial charge in [-0.2, -0.15) is 5.26 Å². The Bertz CT molecular complexity index is 903. The van der Waals surface area contributed by atoms with Gasteiger partial charge < -0.3 is 4.98 Å². The summed E-state index contributed by atoms with van der Waals surface area (Å²) in [7, 11) is 0. The number of H-pyrrole nitrogens is 1. The number of aromatic nitrogens is 1. The van der Waals surface area contributed by atoms with Crippen molar-refractivity contribution in [3.05, 3.63) is 58.4 Å². The van der Waals surface area contributed by atoms with E-state index in [-0.39, 0.29) is 18.0 Å². The maximum Gasteiger partial charge on any atom is 0.197 e. The maximum absolute atomic E-state index is 12.3. The van der Waals surface area contributed by atoms with Crippen molar-refractivity contribution < 1.29 is 9.59 Å². The van der Waals surface area contributed by atoms with Crippen molar-refractivity contribution in [1.82, 2.24) is 4.98 Å². The van der Waals surface area contributed by atoms with E-state index < -0.39 is 5.92 Å². The Kier molecular flexibility index (Phi) is 4.88. The molecule has 120 valence electrons. The van der Waals surface area contributed by atoms with E-state index in [0.717, 1.165) is 22.9 Å². The molecule has 0 saturated carbocycles. The zero-order valence-electron chi connectivity index (χ0n) is 13.0. The Morgan fingerprint density at radius 3 is 2.79 bits per heavy atom. The Hall–Kier alpha value is -2.71. The molecular formula is C19H16N2O2S. The van der Waals surface area contributed by atoms with Gasteiger partial charge in [-0.1, -0.05) is 24.3 Å². The number of Topliss-reactive ketones (excluding diaryl/α,β-unsaturated/α-hetero) is 2. The summed E-state index contributed by atoms with van der Waals surface area (Å²) in [6.45, 7) is 0. The SMILES string of the molecule is N#C[C@H](C(=O)CCCc1c[nH]c2ccccc12)C(=O)c1cccs1. The first-order valence-corrected chi connectivity index (χ1v) is 8.63. The van der Waals surface area contributed by atoms with E-state index in [2.05, 4.69) is 4.98 Å². The number of benzene rings is 1. The van der Waals surface area contributed by atoms with Crippen LogP contribution in [0.5, 0.6) is 0 Å². The third-order valence-corrected chi connectivity index (χ3v) is 4.91. The summed E-state index contributed by atoms with van der Waals surface area (Å²) in [4.78, 5) is 28.1. The molecule has 0 radical (unpaired) electrons. The van der Waals surface area contributed by atoms with Crippen molar-refractivity contribution in [3.8, 4) is 6.07 Å². The van der Waals surface area contributed by atoms with Gasteiger partial charge in [0.05, 0.1) is 10.9 Å². The van der Waals surface area contributed by atoms with E-state index >= 15 is 0 Å². The highest BCUT2D eigenvalue weighted by molar-refractivity contribution is 7.12. The van der Waals surface area contributed by atoms with Crippen LogP contribution in [-0.2, 0) is 11.2 Å². The number of hydrogen-bond donors (Lipinski definition) is 1. The second-order valence-electron chi connectivity index (χ2n) is 5.58. The number of carbonyl (C=O) groups excluding carboxylic acids is 2. The molecule has 1 N–H and O–H groups in total. The smallest absolute Gasteiger partial charge is 0.197 e. The fourth-order valence-electron chi connectivity index (χ4n) is 2.77. The third-order valence-electron chi connectivity index (χ3n) is 4.02. The van der Waals surface area contributed by atoms with Crippen molar-refractivity contribution >= 4 is 33.8 Å². The topological polar surface area (TPSA) is 73.7 Å². The third kappa shape index (κ3) is 3.29. The molecule has 0 aliphatic heterocycles. The molecule has 0 aliphatic carbocycles. The van der Waals surface area contributed by atoms with E-state index in [1.54, 1.807) is 17.5 Å². The number of nitrogens with zero attached hydrogens (tertiary/aromatic N) is 1. The highest BCUT2D eigenvalue weighted by atomic mass is 32.1. The molecule has 0 amide bonds. The number of para-hydroxylation sites is 1. The molecule has 2 heterocycles. The molecule has 2 aromatic heterocycles. The number of rotatable bonds is 7. The second-order valence-corrected chi connectivity index (χ2v) is 6.53. The molecule has 5 heteroatoms. The zero-order chi connectivity index (χ0) is 16.9. The van der Waals surface area contributed by atoms with Gasteiger partial charge >= 0.3 is 0 Å². The first-order chi connectivity index (χ1) is 11.7. The molecule has 0 saturated heterocycles. The lowest BCUT2D eigenvalue weighted by atomic mass is 9.95. The molecule has 3 rings (SSSR count). The number of nitrogens with one attached hydrogen (secondary N) is 1. The van der Waals surface area contributed by atoms with Gasteiger partial charge in [0, 0.05) is 23.5 Å². The second kappa shape index (κ2) is 7.24. The normalized spacial score (nSPS) is 12.0. The number of hydrogen-bond acceptors (Lipinski definition) is 4. The number of carbonyl (C=O) groups is 2. The summed E-state index contributed by atoms with van der Waals surface area (Å²) in [5.74, 6) is -1.87. The first kappa shape index (κ1) is 16.2. The van der Waals surface area contributed by atoms with Gasteiger partial charge in [0.15, 0.2) is 17.5 Å². The number of ketones is 2. The fourth-order valence-corrected chi connectivity index (χ4v) is 3.47. The van der Waals surface area contributed by atoms with E-state index in [0.29, 0.717) is 11.3 Å². The van der Waals surface area contributed by atoms with Crippen LogP contribution in [0.15, 0.2) is 48.0 Å². The summed E-state index contributed by atoms with van der Waals surface area (Å²) >= 11 is 1.26. The highest BCUT2D eigenvalue weighted by Crippen LogP contribution is 2.21. The minimum Gasteiger partial charge on any atom is -0.361 e. The number of aromatic amines is 1. The lowest BCUT2D eigenvalue weighted by molar-refractivity contribution is -0.120. The minimum absolute atomic E-state index is 0.231. The van der Waals surface area contributed by atoms with Crippen LogP contribution < -0.4 is 0 Å². The predicted molar refractivity (Wildman–Crippen MR) is 94.0 cm³/mol. The molecule has 3 aromatic rings. The van der Waals surface area contributed by atoms with Crippen molar-refractivity contribution in [2.75, 3.05) is 0 Å². The van der Waals surface area contributed by atoms with E-state index in [1.807, 2.05) is 36.5 Å². The van der Waals surface area contributed by atoms with Gasteiger partial charge in [-0.15, -0.1) is 11.3 Å². The van der Waals surface area contributed by atoms with Crippen molar-refractivity contribution in [3.63, 3.8) is 0 Å². The summed E-state index contributed by atoms with van der Waals surface area (Å²) in [5, 5.41) is 12.1. The van der Waals surface area contributed by atoms with Crippen LogP contribution in [0.2, 0.25) is 0 Å². The summed E-state index contributed by atoms with van der Waals surface area (Å²) in [6, 6.07) is 13.3. The van der Waals surface area contributed by atoms with Crippen LogP contribution in [0, 0.1) is 17.2 Å². The fraction of sp³-hybridized carbons (Fsp3) is 0.211. The van der Waals surface area contributed by atoms with E-state index in [4.69, 9.17) is 0 Å². The Morgan fingerprint density at radius 2 is 2.04 bits per heavy atom. The van der Waals surface area contributed by atoms with Gasteiger partial charge in [-0.05, 0) is 35.9 Å². The molecular weight excluding hydrogens is 320 g/mol. The van der Waals surface area contributed by atoms with Crippen LogP contribution >= 0.6 is 11.3 Å². The minimum atomic E-state index is -1.19. The van der Waals surface area contributed by atoms with Crippen molar-refractivity contribution in [1.29, 1.82) is 5.26 Å². The number of aryl methyl sites for hydroxylation is 1. The van der Waals surface area contributed by atoms with Gasteiger partial charge in [0.25, 0.3) is 0 Å². The van der Waals surface area contributed by atoms with Crippen LogP contribution in [0.25, 0.3) is 10.9 Å². The maximum atomic E-state index is 12.3. The summed E-state index contributed by atoms with van der Waals surface area (Å²) in [6.07, 6.45) is 3.54. The van der Waals surface area contributed by atoms with Gasteiger partial charge in [0.2, 0.25) is 0 Å². The zero-order valence-corrected chi connectivity index (χ0v) is 13.8. The Morgan fingerprint density at radius 1 is 1.21 bits per heavy atom. The van der Waals surface area contributed by atoms with Gasteiger partial charge in [-0.25, -0.2) is 0 Å². The molecule has 0 bridgehead atoms. The van der Waals surface area contributed by atoms with Crippen LogP contribution in [0.4, 0.5) is 0 Å². The van der Waals surface area contributed by atoms with Crippen LogP contribution in [0.1, 0.15) is 28.1 Å². The quantitative estimate of drug-likeness (QED) is 0.520. The number of fused-ring (bicyclic) bond motifs is 1. The average Bonchev–Trinajstić information content (AvgIpc) is 3.25. The highest BCUT2D eigenvalue weighted by Gasteiger charge is 2.27. The average molecular weight is 336 g/mol. The molecule has 0 spiro atoms. The summed E-state index contributed by atoms with van der Waals surface area (Å²) in [5.41, 5.74) is 2.22.